The van der Waals surface area contributed by atoms with Crippen molar-refractivity contribution in [3.05, 3.63) is 99.5 Å². The third-order valence-corrected chi connectivity index (χ3v) is 8.36. The largest absolute Gasteiger partial charge is 0.492 e. The number of carbonyl (C=O) groups excluding carboxylic acids is 1. The lowest BCUT2D eigenvalue weighted by Crippen LogP contribution is -2.41. The number of hydrogen-bond acceptors (Lipinski definition) is 5. The van der Waals surface area contributed by atoms with Gasteiger partial charge in [-0.3, -0.25) is 4.79 Å². The van der Waals surface area contributed by atoms with Gasteiger partial charge in [0.2, 0.25) is 0 Å². The zero-order valence-electron chi connectivity index (χ0n) is 23.6. The van der Waals surface area contributed by atoms with Crippen molar-refractivity contribution in [1.29, 1.82) is 0 Å². The molecule has 1 aliphatic heterocycles. The van der Waals surface area contributed by atoms with Crippen LogP contribution in [0.5, 0.6) is 0 Å². The highest BCUT2D eigenvalue weighted by molar-refractivity contribution is 6.56. The molecule has 0 bridgehead atoms. The maximum absolute atomic E-state index is 13.0. The van der Waals surface area contributed by atoms with Crippen LogP contribution in [-0.2, 0) is 25.3 Å². The van der Waals surface area contributed by atoms with Crippen LogP contribution in [0.4, 0.5) is 4.79 Å². The molecule has 0 aromatic heterocycles. The van der Waals surface area contributed by atoms with Crippen molar-refractivity contribution in [3.63, 3.8) is 0 Å². The number of alkyl carbamates (subject to hydrolysis) is 1. The van der Waals surface area contributed by atoms with Gasteiger partial charge in [-0.05, 0) is 78.7 Å². The number of fused-ring (bicyclic) bond motifs is 3. The maximum Gasteiger partial charge on any atom is 0.492 e. The summed E-state index contributed by atoms with van der Waals surface area (Å²) in [6.07, 6.45) is 1.01. The highest BCUT2D eigenvalue weighted by Crippen LogP contribution is 2.44. The van der Waals surface area contributed by atoms with Crippen LogP contribution in [0.2, 0.25) is 5.02 Å². The number of hydrogen-bond donors (Lipinski definition) is 2. The number of amides is 1. The van der Waals surface area contributed by atoms with E-state index in [4.69, 9.17) is 25.6 Å². The smallest absolute Gasteiger partial charge is 0.481 e. The summed E-state index contributed by atoms with van der Waals surface area (Å²) in [5, 5.41) is 12.7. The Hall–Kier alpha value is -3.59. The second-order valence-corrected chi connectivity index (χ2v) is 11.8. The van der Waals surface area contributed by atoms with E-state index in [0.717, 1.165) is 22.3 Å². The molecule has 0 radical (unpaired) electrons. The fourth-order valence-corrected chi connectivity index (χ4v) is 5.45. The monoisotopic (exact) mass is 573 g/mol. The van der Waals surface area contributed by atoms with Crippen molar-refractivity contribution in [2.75, 3.05) is 13.2 Å². The molecule has 2 aliphatic rings. The predicted octanol–water partition coefficient (Wildman–Crippen LogP) is 6.52. The first-order valence-corrected chi connectivity index (χ1v) is 14.0. The van der Waals surface area contributed by atoms with Crippen LogP contribution in [0, 0.1) is 0 Å². The fraction of sp³-hybridized carbons (Fsp3) is 0.312. The molecule has 3 aromatic carbocycles. The number of aliphatic carboxylic acids is 1. The third kappa shape index (κ3) is 6.05. The highest BCUT2D eigenvalue weighted by atomic mass is 35.5. The van der Waals surface area contributed by atoms with Crippen molar-refractivity contribution in [2.24, 2.45) is 0 Å². The minimum atomic E-state index is -0.976. The van der Waals surface area contributed by atoms with E-state index in [2.05, 4.69) is 29.6 Å². The maximum atomic E-state index is 13.0. The summed E-state index contributed by atoms with van der Waals surface area (Å²) in [7, 11) is -0.762. The SMILES string of the molecule is CC1(C)OB(C(=Cc2ccc(Cl)cc2CC(=O)O)CNC(=O)OCC2c3ccccc3-c3ccccc32)OC1(C)C. The Morgan fingerprint density at radius 3 is 2.15 bits per heavy atom. The van der Waals surface area contributed by atoms with Crippen LogP contribution < -0.4 is 5.32 Å². The first-order valence-electron chi connectivity index (χ1n) is 13.6. The molecule has 0 saturated carbocycles. The molecule has 1 aliphatic carbocycles. The van der Waals surface area contributed by atoms with E-state index in [1.54, 1.807) is 24.3 Å². The molecule has 9 heteroatoms. The topological polar surface area (TPSA) is 94.1 Å². The van der Waals surface area contributed by atoms with Crippen LogP contribution in [0.15, 0.2) is 72.2 Å². The molecule has 0 unspecified atom stereocenters. The number of carboxylic acids is 1. The van der Waals surface area contributed by atoms with Crippen LogP contribution in [0.1, 0.15) is 55.9 Å². The van der Waals surface area contributed by atoms with Gasteiger partial charge in [-0.25, -0.2) is 4.79 Å². The Kier molecular flexibility index (Phi) is 8.01. The quantitative estimate of drug-likeness (QED) is 0.298. The fourth-order valence-electron chi connectivity index (χ4n) is 5.25. The number of carboxylic acid groups (broad SMARTS) is 1. The zero-order valence-corrected chi connectivity index (χ0v) is 24.3. The lowest BCUT2D eigenvalue weighted by Gasteiger charge is -2.32. The molecule has 41 heavy (non-hydrogen) atoms. The van der Waals surface area contributed by atoms with Crippen LogP contribution in [-0.4, -0.2) is 48.6 Å². The first kappa shape index (κ1) is 28.9. The first-order chi connectivity index (χ1) is 19.4. The molecule has 2 N–H and O–H groups in total. The van der Waals surface area contributed by atoms with Crippen molar-refractivity contribution in [2.45, 2.75) is 51.2 Å². The molecule has 1 fully saturated rings. The van der Waals surface area contributed by atoms with Crippen LogP contribution >= 0.6 is 11.6 Å². The molecule has 1 amide bonds. The minimum Gasteiger partial charge on any atom is -0.481 e. The lowest BCUT2D eigenvalue weighted by atomic mass is 9.76. The van der Waals surface area contributed by atoms with Crippen molar-refractivity contribution >= 4 is 36.9 Å². The summed E-state index contributed by atoms with van der Waals surface area (Å²) in [6, 6.07) is 21.4. The van der Waals surface area contributed by atoms with E-state index >= 15 is 0 Å². The summed E-state index contributed by atoms with van der Waals surface area (Å²) in [5.74, 6) is -1.03. The number of benzene rings is 3. The average Bonchev–Trinajstić information content (AvgIpc) is 3.35. The molecule has 3 aromatic rings. The number of ether oxygens (including phenoxy) is 1. The van der Waals surface area contributed by atoms with Gasteiger partial charge >= 0.3 is 19.2 Å². The number of rotatable bonds is 8. The molecule has 5 rings (SSSR count). The van der Waals surface area contributed by atoms with E-state index in [0.29, 0.717) is 21.6 Å². The Morgan fingerprint density at radius 2 is 1.56 bits per heavy atom. The van der Waals surface area contributed by atoms with E-state index in [1.807, 2.05) is 52.0 Å². The van der Waals surface area contributed by atoms with Gasteiger partial charge in [0, 0.05) is 17.5 Å². The van der Waals surface area contributed by atoms with Gasteiger partial charge in [0.05, 0.1) is 17.6 Å². The summed E-state index contributed by atoms with van der Waals surface area (Å²) in [4.78, 5) is 24.5. The molecule has 1 saturated heterocycles. The number of halogens is 1. The normalized spacial score (nSPS) is 17.2. The highest BCUT2D eigenvalue weighted by Gasteiger charge is 2.52. The summed E-state index contributed by atoms with van der Waals surface area (Å²) >= 11 is 6.16. The summed E-state index contributed by atoms with van der Waals surface area (Å²) in [5.41, 5.74) is 5.17. The Balaban J connectivity index is 1.34. The minimum absolute atomic E-state index is 0.0566. The second-order valence-electron chi connectivity index (χ2n) is 11.4. The molecule has 0 atom stereocenters. The van der Waals surface area contributed by atoms with E-state index in [9.17, 15) is 14.7 Å². The number of carbonyl (C=O) groups is 2. The van der Waals surface area contributed by atoms with Gasteiger partial charge in [0.1, 0.15) is 6.61 Å². The van der Waals surface area contributed by atoms with Gasteiger partial charge in [0.25, 0.3) is 0 Å². The van der Waals surface area contributed by atoms with Crippen molar-refractivity contribution in [1.82, 2.24) is 5.32 Å². The molecular formula is C32H33BClNO6. The van der Waals surface area contributed by atoms with Gasteiger partial charge < -0.3 is 24.5 Å². The Labute approximate surface area is 245 Å². The van der Waals surface area contributed by atoms with Crippen molar-refractivity contribution in [3.8, 4) is 11.1 Å². The van der Waals surface area contributed by atoms with E-state index in [1.165, 1.54) is 0 Å². The Bertz CT molecular complexity index is 1460. The second kappa shape index (κ2) is 11.4. The van der Waals surface area contributed by atoms with Gasteiger partial charge in [-0.15, -0.1) is 0 Å². The standard InChI is InChI=1S/C32H33BClNO6/c1-31(2)32(3,4)41-33(40-31)22(15-20-13-14-23(34)16-21(20)17-29(36)37)18-35-30(38)39-19-28-26-11-7-5-9-24(26)25-10-6-8-12-27(25)28/h5-16,28H,17-19H2,1-4H3,(H,35,38)(H,36,37). The van der Waals surface area contributed by atoms with Gasteiger partial charge in [-0.1, -0.05) is 72.3 Å². The van der Waals surface area contributed by atoms with Crippen molar-refractivity contribution < 1.29 is 28.7 Å². The van der Waals surface area contributed by atoms with Gasteiger partial charge in [-0.2, -0.15) is 0 Å². The summed E-state index contributed by atoms with van der Waals surface area (Å²) in [6.45, 7) is 8.05. The lowest BCUT2D eigenvalue weighted by molar-refractivity contribution is -0.136. The molecule has 0 spiro atoms. The molecular weight excluding hydrogens is 541 g/mol. The van der Waals surface area contributed by atoms with E-state index in [-0.39, 0.29) is 25.5 Å². The number of nitrogens with one attached hydrogen (secondary N) is 1. The zero-order chi connectivity index (χ0) is 29.4. The Morgan fingerprint density at radius 1 is 0.976 bits per heavy atom. The average molecular weight is 574 g/mol. The molecule has 7 nitrogen and oxygen atoms in total. The van der Waals surface area contributed by atoms with Crippen LogP contribution in [0.3, 0.4) is 0 Å². The van der Waals surface area contributed by atoms with Gasteiger partial charge in [0.15, 0.2) is 0 Å². The predicted molar refractivity (Wildman–Crippen MR) is 160 cm³/mol. The van der Waals surface area contributed by atoms with Crippen LogP contribution in [0.25, 0.3) is 17.2 Å². The molecule has 212 valence electrons. The summed E-state index contributed by atoms with van der Waals surface area (Å²) < 4.78 is 18.3. The van der Waals surface area contributed by atoms with E-state index < -0.39 is 30.4 Å². The third-order valence-electron chi connectivity index (χ3n) is 8.12. The molecule has 1 heterocycles.